The van der Waals surface area contributed by atoms with E-state index in [0.717, 1.165) is 5.56 Å². The van der Waals surface area contributed by atoms with Gasteiger partial charge in [0.05, 0.1) is 0 Å². The summed E-state index contributed by atoms with van der Waals surface area (Å²) in [4.78, 5) is 10.7. The molecule has 3 rings (SSSR count). The molecule has 2 heterocycles. The fourth-order valence-electron chi connectivity index (χ4n) is 2.08. The molecule has 0 saturated heterocycles. The first-order chi connectivity index (χ1) is 10.1. The number of hydrogen-bond acceptors (Lipinski definition) is 6. The first-order valence-corrected chi connectivity index (χ1v) is 7.16. The number of hydrogen-bond donors (Lipinski definition) is 1. The van der Waals surface area contributed by atoms with E-state index in [1.807, 2.05) is 0 Å². The van der Waals surface area contributed by atoms with E-state index >= 15 is 0 Å². The molecule has 0 bridgehead atoms. The molecule has 1 aliphatic rings. The highest BCUT2D eigenvalue weighted by molar-refractivity contribution is 7.99. The van der Waals surface area contributed by atoms with Gasteiger partial charge in [0.2, 0.25) is 5.16 Å². The smallest absolute Gasteiger partial charge is 0.325 e. The Morgan fingerprint density at radius 3 is 3.24 bits per heavy atom. The number of ether oxygens (including phenoxy) is 1. The summed E-state index contributed by atoms with van der Waals surface area (Å²) in [5.41, 5.74) is 0.839. The summed E-state index contributed by atoms with van der Waals surface area (Å²) in [6.45, 7) is -0.285. The Balaban J connectivity index is 1.60. The first kappa shape index (κ1) is 13.8. The molecule has 7 nitrogen and oxygen atoms in total. The highest BCUT2D eigenvalue weighted by atomic mass is 32.2. The molecule has 110 valence electrons. The van der Waals surface area contributed by atoms with E-state index < -0.39 is 5.97 Å². The fraction of sp³-hybridized carbons (Fsp3) is 0.333. The maximum atomic E-state index is 13.1. The van der Waals surface area contributed by atoms with Crippen LogP contribution in [-0.2, 0) is 17.8 Å². The average Bonchev–Trinajstić information content (AvgIpc) is 3.01. The Morgan fingerprint density at radius 1 is 1.57 bits per heavy atom. The summed E-state index contributed by atoms with van der Waals surface area (Å²) >= 11 is 1.31. The van der Waals surface area contributed by atoms with Crippen molar-refractivity contribution in [2.24, 2.45) is 0 Å². The van der Waals surface area contributed by atoms with E-state index in [1.54, 1.807) is 6.07 Å². The molecule has 0 amide bonds. The number of aliphatic carboxylic acids is 1. The van der Waals surface area contributed by atoms with E-state index in [9.17, 15) is 9.18 Å². The molecule has 1 aromatic heterocycles. The van der Waals surface area contributed by atoms with Crippen LogP contribution in [0.5, 0.6) is 5.75 Å². The van der Waals surface area contributed by atoms with Crippen molar-refractivity contribution in [3.8, 4) is 5.75 Å². The van der Waals surface area contributed by atoms with Gasteiger partial charge >= 0.3 is 5.97 Å². The number of benzene rings is 1. The minimum atomic E-state index is -1.01. The largest absolute Gasteiger partial charge is 0.489 e. The second-order valence-electron chi connectivity index (χ2n) is 4.52. The van der Waals surface area contributed by atoms with Crippen LogP contribution in [-0.4, -0.2) is 43.1 Å². The number of aromatic nitrogens is 4. The molecule has 0 spiro atoms. The second kappa shape index (κ2) is 5.68. The fourth-order valence-corrected chi connectivity index (χ4v) is 2.94. The maximum Gasteiger partial charge on any atom is 0.325 e. The molecule has 9 heteroatoms. The molecule has 2 aromatic rings. The molecule has 21 heavy (non-hydrogen) atoms. The molecule has 1 aromatic carbocycles. The van der Waals surface area contributed by atoms with Crippen molar-refractivity contribution in [2.45, 2.75) is 24.2 Å². The van der Waals surface area contributed by atoms with Crippen molar-refractivity contribution in [3.05, 3.63) is 29.6 Å². The SMILES string of the molecule is O=C(O)Cn1nnnc1SCC1Cc2cc(F)ccc2O1. The normalized spacial score (nSPS) is 16.5. The Hall–Kier alpha value is -2.16. The van der Waals surface area contributed by atoms with Crippen molar-refractivity contribution >= 4 is 17.7 Å². The first-order valence-electron chi connectivity index (χ1n) is 6.17. The summed E-state index contributed by atoms with van der Waals surface area (Å²) in [6.07, 6.45) is 0.502. The third-order valence-electron chi connectivity index (χ3n) is 2.95. The zero-order chi connectivity index (χ0) is 14.8. The molecule has 1 aliphatic heterocycles. The van der Waals surface area contributed by atoms with Gasteiger partial charge in [0.25, 0.3) is 0 Å². The molecule has 1 atom stereocenters. The molecule has 0 fully saturated rings. The van der Waals surface area contributed by atoms with Crippen LogP contribution in [0.15, 0.2) is 23.4 Å². The quantitative estimate of drug-likeness (QED) is 0.824. The Labute approximate surface area is 123 Å². The molecule has 0 aliphatic carbocycles. The second-order valence-corrected chi connectivity index (χ2v) is 5.51. The number of carboxylic acid groups (broad SMARTS) is 1. The summed E-state index contributed by atoms with van der Waals surface area (Å²) in [5.74, 6) is -0.0524. The van der Waals surface area contributed by atoms with Gasteiger partial charge in [-0.2, -0.15) is 0 Å². The number of thioether (sulfide) groups is 1. The highest BCUT2D eigenvalue weighted by Crippen LogP contribution is 2.31. The lowest BCUT2D eigenvalue weighted by molar-refractivity contribution is -0.138. The number of nitrogens with zero attached hydrogens (tertiary/aromatic N) is 4. The third-order valence-corrected chi connectivity index (χ3v) is 4.04. The van der Waals surface area contributed by atoms with Gasteiger partial charge in [0.1, 0.15) is 24.2 Å². The van der Waals surface area contributed by atoms with E-state index in [1.165, 1.54) is 28.6 Å². The summed E-state index contributed by atoms with van der Waals surface area (Å²) in [6, 6.07) is 4.44. The maximum absolute atomic E-state index is 13.1. The van der Waals surface area contributed by atoms with Gasteiger partial charge in [-0.25, -0.2) is 9.07 Å². The van der Waals surface area contributed by atoms with Crippen LogP contribution in [0, 0.1) is 5.82 Å². The molecular weight excluding hydrogens is 299 g/mol. The van der Waals surface area contributed by atoms with E-state index in [4.69, 9.17) is 9.84 Å². The van der Waals surface area contributed by atoms with Crippen molar-refractivity contribution in [1.29, 1.82) is 0 Å². The van der Waals surface area contributed by atoms with Crippen LogP contribution in [0.2, 0.25) is 0 Å². The number of carbonyl (C=O) groups is 1. The number of halogens is 1. The topological polar surface area (TPSA) is 90.1 Å². The number of rotatable bonds is 5. The lowest BCUT2D eigenvalue weighted by atomic mass is 10.1. The number of carboxylic acids is 1. The van der Waals surface area contributed by atoms with Crippen molar-refractivity contribution < 1.29 is 19.0 Å². The summed E-state index contributed by atoms with van der Waals surface area (Å²) in [5, 5.41) is 20.0. The number of fused-ring (bicyclic) bond motifs is 1. The minimum Gasteiger partial charge on any atom is -0.489 e. The number of tetrazole rings is 1. The molecule has 0 saturated carbocycles. The van der Waals surface area contributed by atoms with Gasteiger partial charge in [-0.3, -0.25) is 4.79 Å². The van der Waals surface area contributed by atoms with Gasteiger partial charge in [-0.1, -0.05) is 11.8 Å². The zero-order valence-electron chi connectivity index (χ0n) is 10.8. The van der Waals surface area contributed by atoms with Gasteiger partial charge in [0, 0.05) is 17.7 Å². The Kier molecular flexibility index (Phi) is 3.74. The van der Waals surface area contributed by atoms with Crippen LogP contribution in [0.3, 0.4) is 0 Å². The summed E-state index contributed by atoms with van der Waals surface area (Å²) < 4.78 is 20.0. The van der Waals surface area contributed by atoms with Gasteiger partial charge < -0.3 is 9.84 Å². The lowest BCUT2D eigenvalue weighted by Crippen LogP contribution is -2.17. The Morgan fingerprint density at radius 2 is 2.43 bits per heavy atom. The van der Waals surface area contributed by atoms with Crippen LogP contribution in [0.1, 0.15) is 5.56 Å². The van der Waals surface area contributed by atoms with Crippen molar-refractivity contribution in [3.63, 3.8) is 0 Å². The molecular formula is C12H11FN4O3S. The van der Waals surface area contributed by atoms with Gasteiger partial charge in [0.15, 0.2) is 0 Å². The van der Waals surface area contributed by atoms with Crippen molar-refractivity contribution in [1.82, 2.24) is 20.2 Å². The van der Waals surface area contributed by atoms with Crippen molar-refractivity contribution in [2.75, 3.05) is 5.75 Å². The van der Waals surface area contributed by atoms with E-state index in [2.05, 4.69) is 15.5 Å². The molecule has 1 unspecified atom stereocenters. The predicted octanol–water partition coefficient (Wildman–Crippen LogP) is 0.993. The van der Waals surface area contributed by atoms with Gasteiger partial charge in [-0.05, 0) is 28.6 Å². The van der Waals surface area contributed by atoms with Crippen LogP contribution >= 0.6 is 11.8 Å². The van der Waals surface area contributed by atoms with Crippen LogP contribution in [0.25, 0.3) is 0 Å². The average molecular weight is 310 g/mol. The standard InChI is InChI=1S/C12H11FN4O3S/c13-8-1-2-10-7(3-8)4-9(20-10)6-21-12-14-15-16-17(12)5-11(18)19/h1-3,9H,4-6H2,(H,18,19). The monoisotopic (exact) mass is 310 g/mol. The minimum absolute atomic E-state index is 0.109. The van der Waals surface area contributed by atoms with E-state index in [0.29, 0.717) is 23.1 Å². The van der Waals surface area contributed by atoms with Gasteiger partial charge in [-0.15, -0.1) is 5.10 Å². The Bertz CT molecular complexity index is 678. The lowest BCUT2D eigenvalue weighted by Gasteiger charge is -2.09. The third kappa shape index (κ3) is 3.13. The van der Waals surface area contributed by atoms with E-state index in [-0.39, 0.29) is 18.5 Å². The zero-order valence-corrected chi connectivity index (χ0v) is 11.6. The predicted molar refractivity (Wildman–Crippen MR) is 70.7 cm³/mol. The summed E-state index contributed by atoms with van der Waals surface area (Å²) in [7, 11) is 0. The van der Waals surface area contributed by atoms with Crippen LogP contribution < -0.4 is 4.74 Å². The molecule has 0 radical (unpaired) electrons. The highest BCUT2D eigenvalue weighted by Gasteiger charge is 2.24. The van der Waals surface area contributed by atoms with Crippen LogP contribution in [0.4, 0.5) is 4.39 Å². The molecule has 1 N–H and O–H groups in total.